The summed E-state index contributed by atoms with van der Waals surface area (Å²) in [6.07, 6.45) is 3.39. The average molecular weight is 238 g/mol. The van der Waals surface area contributed by atoms with Crippen LogP contribution < -0.4 is 0 Å². The quantitative estimate of drug-likeness (QED) is 0.803. The molecule has 1 aromatic heterocycles. The lowest BCUT2D eigenvalue weighted by Gasteiger charge is -2.07. The Kier molecular flexibility index (Phi) is 2.38. The molecule has 88 valence electrons. The van der Waals surface area contributed by atoms with E-state index in [4.69, 9.17) is 5.26 Å². The fourth-order valence-electron chi connectivity index (χ4n) is 2.08. The number of benzene rings is 1. The highest BCUT2D eigenvalue weighted by Gasteiger charge is 2.46. The zero-order chi connectivity index (χ0) is 12.6. The van der Waals surface area contributed by atoms with Crippen LogP contribution in [0.3, 0.4) is 0 Å². The Morgan fingerprint density at radius 2 is 1.94 bits per heavy atom. The molecule has 0 radical (unpaired) electrons. The molecule has 2 aromatic rings. The Morgan fingerprint density at radius 3 is 2.50 bits per heavy atom. The fourth-order valence-corrected chi connectivity index (χ4v) is 2.08. The average Bonchev–Trinajstić information content (AvgIpc) is 3.21. The number of nitrogens with zero attached hydrogens (tertiary/aromatic N) is 2. The van der Waals surface area contributed by atoms with Crippen LogP contribution in [-0.4, -0.2) is 4.98 Å². The van der Waals surface area contributed by atoms with E-state index in [1.54, 1.807) is 24.4 Å². The van der Waals surface area contributed by atoms with Crippen molar-refractivity contribution in [2.75, 3.05) is 0 Å². The van der Waals surface area contributed by atoms with Gasteiger partial charge < -0.3 is 0 Å². The molecule has 0 atom stereocenters. The molecule has 0 amide bonds. The molecule has 0 spiro atoms. The van der Waals surface area contributed by atoms with E-state index in [-0.39, 0.29) is 11.2 Å². The lowest BCUT2D eigenvalue weighted by molar-refractivity contribution is 0.631. The Balaban J connectivity index is 1.98. The molecule has 0 N–H and O–H groups in total. The number of nitriles is 1. The Morgan fingerprint density at radius 1 is 1.17 bits per heavy atom. The molecule has 0 bridgehead atoms. The summed E-state index contributed by atoms with van der Waals surface area (Å²) in [6.45, 7) is 0. The van der Waals surface area contributed by atoms with Crippen molar-refractivity contribution in [3.05, 3.63) is 54.1 Å². The van der Waals surface area contributed by atoms with Gasteiger partial charge in [0.1, 0.15) is 5.82 Å². The summed E-state index contributed by atoms with van der Waals surface area (Å²) < 4.78 is 13.6. The van der Waals surface area contributed by atoms with Gasteiger partial charge in [0.15, 0.2) is 0 Å². The van der Waals surface area contributed by atoms with Crippen molar-refractivity contribution in [2.45, 2.75) is 18.3 Å². The highest BCUT2D eigenvalue weighted by atomic mass is 19.1. The first-order chi connectivity index (χ1) is 8.75. The zero-order valence-corrected chi connectivity index (χ0v) is 9.73. The second kappa shape index (κ2) is 3.92. The normalized spacial score (nSPS) is 16.0. The molecule has 1 aliphatic carbocycles. The van der Waals surface area contributed by atoms with Gasteiger partial charge in [0, 0.05) is 17.3 Å². The van der Waals surface area contributed by atoms with Gasteiger partial charge in [0.05, 0.1) is 17.2 Å². The van der Waals surface area contributed by atoms with Crippen molar-refractivity contribution in [1.82, 2.24) is 4.98 Å². The fraction of sp³-hybridized carbons (Fsp3) is 0.200. The minimum absolute atomic E-state index is 0.256. The lowest BCUT2D eigenvalue weighted by Crippen LogP contribution is -2.05. The van der Waals surface area contributed by atoms with Crippen molar-refractivity contribution < 1.29 is 4.39 Å². The maximum Gasteiger partial charge on any atom is 0.131 e. The molecule has 3 rings (SSSR count). The predicted molar refractivity (Wildman–Crippen MR) is 66.2 cm³/mol. The summed E-state index contributed by atoms with van der Waals surface area (Å²) in [7, 11) is 0. The maximum atomic E-state index is 13.6. The van der Waals surface area contributed by atoms with Gasteiger partial charge in [-0.3, -0.25) is 4.98 Å². The Labute approximate surface area is 105 Å². The van der Waals surface area contributed by atoms with Gasteiger partial charge in [0.25, 0.3) is 0 Å². The molecule has 1 heterocycles. The molecule has 18 heavy (non-hydrogen) atoms. The van der Waals surface area contributed by atoms with E-state index >= 15 is 0 Å². The zero-order valence-electron chi connectivity index (χ0n) is 9.73. The first-order valence-corrected chi connectivity index (χ1v) is 5.88. The standard InChI is InChI=1S/C15H11FN2/c16-13-4-2-1-3-12(13)11-5-6-14(18-9-11)15(10-17)7-8-15/h1-6,9H,7-8H2. The molecule has 1 saturated carbocycles. The molecular weight excluding hydrogens is 227 g/mol. The molecule has 3 heteroatoms. The minimum Gasteiger partial charge on any atom is -0.259 e. The summed E-state index contributed by atoms with van der Waals surface area (Å²) in [6, 6.07) is 12.6. The van der Waals surface area contributed by atoms with Gasteiger partial charge in [-0.25, -0.2) is 4.39 Å². The summed E-state index contributed by atoms with van der Waals surface area (Å²) in [5.41, 5.74) is 1.70. The molecular formula is C15H11FN2. The molecule has 1 aliphatic rings. The van der Waals surface area contributed by atoms with E-state index in [0.29, 0.717) is 5.56 Å². The summed E-state index contributed by atoms with van der Waals surface area (Å²) >= 11 is 0. The molecule has 1 fully saturated rings. The third-order valence-electron chi connectivity index (χ3n) is 3.40. The van der Waals surface area contributed by atoms with Gasteiger partial charge in [-0.2, -0.15) is 5.26 Å². The van der Waals surface area contributed by atoms with Crippen LogP contribution in [0.4, 0.5) is 4.39 Å². The second-order valence-electron chi connectivity index (χ2n) is 4.61. The topological polar surface area (TPSA) is 36.7 Å². The van der Waals surface area contributed by atoms with E-state index in [2.05, 4.69) is 11.1 Å². The van der Waals surface area contributed by atoms with Crippen LogP contribution >= 0.6 is 0 Å². The molecule has 1 aromatic carbocycles. The van der Waals surface area contributed by atoms with Crippen LogP contribution in [0.25, 0.3) is 11.1 Å². The van der Waals surface area contributed by atoms with Crippen LogP contribution in [0.2, 0.25) is 0 Å². The van der Waals surface area contributed by atoms with E-state index in [9.17, 15) is 4.39 Å². The molecule has 0 unspecified atom stereocenters. The smallest absolute Gasteiger partial charge is 0.131 e. The van der Waals surface area contributed by atoms with E-state index in [0.717, 1.165) is 24.1 Å². The van der Waals surface area contributed by atoms with Crippen molar-refractivity contribution in [1.29, 1.82) is 5.26 Å². The van der Waals surface area contributed by atoms with E-state index < -0.39 is 0 Å². The first-order valence-electron chi connectivity index (χ1n) is 5.88. The van der Waals surface area contributed by atoms with Crippen LogP contribution in [0.1, 0.15) is 18.5 Å². The number of pyridine rings is 1. The third kappa shape index (κ3) is 1.67. The number of aromatic nitrogens is 1. The van der Waals surface area contributed by atoms with Crippen molar-refractivity contribution in [3.63, 3.8) is 0 Å². The SMILES string of the molecule is N#CC1(c2ccc(-c3ccccc3F)cn2)CC1. The monoisotopic (exact) mass is 238 g/mol. The second-order valence-corrected chi connectivity index (χ2v) is 4.61. The van der Waals surface area contributed by atoms with Crippen LogP contribution in [0.5, 0.6) is 0 Å². The summed E-state index contributed by atoms with van der Waals surface area (Å²) in [5.74, 6) is -0.256. The van der Waals surface area contributed by atoms with Crippen molar-refractivity contribution in [2.24, 2.45) is 0 Å². The Bertz CT molecular complexity index is 622. The highest BCUT2D eigenvalue weighted by molar-refractivity contribution is 5.63. The van der Waals surface area contributed by atoms with Crippen LogP contribution in [0.15, 0.2) is 42.6 Å². The van der Waals surface area contributed by atoms with E-state index in [1.807, 2.05) is 12.1 Å². The number of halogens is 1. The Hall–Kier alpha value is -2.21. The van der Waals surface area contributed by atoms with Crippen LogP contribution in [0, 0.1) is 17.1 Å². The number of rotatable bonds is 2. The van der Waals surface area contributed by atoms with Crippen molar-refractivity contribution >= 4 is 0 Å². The molecule has 2 nitrogen and oxygen atoms in total. The van der Waals surface area contributed by atoms with E-state index in [1.165, 1.54) is 6.07 Å². The minimum atomic E-state index is -0.381. The van der Waals surface area contributed by atoms with Gasteiger partial charge in [-0.1, -0.05) is 24.3 Å². The van der Waals surface area contributed by atoms with Gasteiger partial charge >= 0.3 is 0 Å². The summed E-state index contributed by atoms with van der Waals surface area (Å²) in [5, 5.41) is 9.09. The number of hydrogen-bond acceptors (Lipinski definition) is 2. The lowest BCUT2D eigenvalue weighted by atomic mass is 10.0. The van der Waals surface area contributed by atoms with Gasteiger partial charge in [-0.15, -0.1) is 0 Å². The predicted octanol–water partition coefficient (Wildman–Crippen LogP) is 3.44. The maximum absolute atomic E-state index is 13.6. The largest absolute Gasteiger partial charge is 0.259 e. The summed E-state index contributed by atoms with van der Waals surface area (Å²) in [4.78, 5) is 4.31. The van der Waals surface area contributed by atoms with Crippen LogP contribution in [-0.2, 0) is 5.41 Å². The van der Waals surface area contributed by atoms with Gasteiger partial charge in [0.2, 0.25) is 0 Å². The third-order valence-corrected chi connectivity index (χ3v) is 3.40. The van der Waals surface area contributed by atoms with Crippen molar-refractivity contribution in [3.8, 4) is 17.2 Å². The van der Waals surface area contributed by atoms with Gasteiger partial charge in [-0.05, 0) is 25.0 Å². The highest BCUT2D eigenvalue weighted by Crippen LogP contribution is 2.46. The molecule has 0 aliphatic heterocycles. The number of hydrogen-bond donors (Lipinski definition) is 0. The first kappa shape index (κ1) is 10.9. The molecule has 0 saturated heterocycles.